The van der Waals surface area contributed by atoms with E-state index in [9.17, 15) is 14.4 Å². The number of amides is 2. The highest BCUT2D eigenvalue weighted by molar-refractivity contribution is 5.88. The number of hydrogen-bond acceptors (Lipinski definition) is 3. The van der Waals surface area contributed by atoms with E-state index in [-0.39, 0.29) is 17.6 Å². The summed E-state index contributed by atoms with van der Waals surface area (Å²) in [6.45, 7) is 4.73. The lowest BCUT2D eigenvalue weighted by Gasteiger charge is -2.42. The first-order valence-electron chi connectivity index (χ1n) is 5.03. The summed E-state index contributed by atoms with van der Waals surface area (Å²) < 4.78 is 0. The zero-order chi connectivity index (χ0) is 11.6. The number of ketones is 1. The average molecular weight is 212 g/mol. The van der Waals surface area contributed by atoms with Crippen LogP contribution in [-0.2, 0) is 14.4 Å². The molecular weight excluding hydrogens is 196 g/mol. The maximum atomic E-state index is 11.4. The minimum atomic E-state index is -0.472. The van der Waals surface area contributed by atoms with Crippen LogP contribution in [0.1, 0.15) is 33.6 Å². The van der Waals surface area contributed by atoms with Gasteiger partial charge in [0.15, 0.2) is 5.78 Å². The minimum Gasteiger partial charge on any atom is -0.298 e. The van der Waals surface area contributed by atoms with E-state index in [0.29, 0.717) is 13.0 Å². The Balaban J connectivity index is 2.95. The maximum absolute atomic E-state index is 11.4. The summed E-state index contributed by atoms with van der Waals surface area (Å²) in [4.78, 5) is 34.1. The fourth-order valence-corrected chi connectivity index (χ4v) is 1.91. The SMILES string of the molecule is CC(=O)C1CCCN(C(C)=O)N1C(C)=O. The van der Waals surface area contributed by atoms with E-state index < -0.39 is 6.04 Å². The molecule has 0 saturated carbocycles. The van der Waals surface area contributed by atoms with Crippen molar-refractivity contribution in [3.05, 3.63) is 0 Å². The molecule has 1 saturated heterocycles. The molecule has 1 unspecified atom stereocenters. The summed E-state index contributed by atoms with van der Waals surface area (Å²) in [7, 11) is 0. The summed E-state index contributed by atoms with van der Waals surface area (Å²) in [6.07, 6.45) is 1.40. The molecule has 1 fully saturated rings. The Labute approximate surface area is 89.0 Å². The molecule has 5 nitrogen and oxygen atoms in total. The van der Waals surface area contributed by atoms with Gasteiger partial charge in [-0.15, -0.1) is 0 Å². The highest BCUT2D eigenvalue weighted by Crippen LogP contribution is 2.19. The molecule has 0 bridgehead atoms. The van der Waals surface area contributed by atoms with Gasteiger partial charge in [-0.05, 0) is 19.8 Å². The van der Waals surface area contributed by atoms with Gasteiger partial charge in [0, 0.05) is 20.4 Å². The predicted octanol–water partition coefficient (Wildman–Crippen LogP) is 0.350. The number of rotatable bonds is 1. The maximum Gasteiger partial charge on any atom is 0.238 e. The molecule has 1 aliphatic rings. The molecule has 0 aromatic heterocycles. The lowest BCUT2D eigenvalue weighted by molar-refractivity contribution is -0.174. The van der Waals surface area contributed by atoms with Crippen LogP contribution < -0.4 is 0 Å². The van der Waals surface area contributed by atoms with Crippen LogP contribution in [0.15, 0.2) is 0 Å². The van der Waals surface area contributed by atoms with Crippen molar-refractivity contribution < 1.29 is 14.4 Å². The van der Waals surface area contributed by atoms with Crippen LogP contribution in [0.5, 0.6) is 0 Å². The topological polar surface area (TPSA) is 57.7 Å². The molecule has 15 heavy (non-hydrogen) atoms. The van der Waals surface area contributed by atoms with E-state index in [1.165, 1.54) is 30.8 Å². The number of hydrogen-bond donors (Lipinski definition) is 0. The van der Waals surface area contributed by atoms with Crippen molar-refractivity contribution in [1.29, 1.82) is 0 Å². The van der Waals surface area contributed by atoms with Gasteiger partial charge in [-0.1, -0.05) is 0 Å². The van der Waals surface area contributed by atoms with Crippen molar-refractivity contribution in [2.75, 3.05) is 6.54 Å². The summed E-state index contributed by atoms with van der Waals surface area (Å²) >= 11 is 0. The lowest BCUT2D eigenvalue weighted by Crippen LogP contribution is -2.58. The first kappa shape index (κ1) is 11.7. The number of hydrazine groups is 1. The molecule has 0 spiro atoms. The Morgan fingerprint density at radius 1 is 1.07 bits per heavy atom. The molecule has 2 amide bonds. The van der Waals surface area contributed by atoms with Crippen molar-refractivity contribution >= 4 is 17.6 Å². The molecule has 5 heteroatoms. The summed E-state index contributed by atoms with van der Waals surface area (Å²) in [5, 5.41) is 2.64. The summed E-state index contributed by atoms with van der Waals surface area (Å²) in [5.41, 5.74) is 0. The van der Waals surface area contributed by atoms with Gasteiger partial charge < -0.3 is 0 Å². The standard InChI is InChI=1S/C10H16N2O3/c1-7(13)10-5-4-6-11(8(2)14)12(10)9(3)15/h10H,4-6H2,1-3H3. The highest BCUT2D eigenvalue weighted by atomic mass is 16.2. The Morgan fingerprint density at radius 3 is 2.07 bits per heavy atom. The third-order valence-corrected chi connectivity index (χ3v) is 2.56. The average Bonchev–Trinajstić information content (AvgIpc) is 2.16. The molecule has 0 aromatic carbocycles. The monoisotopic (exact) mass is 212 g/mol. The van der Waals surface area contributed by atoms with Crippen LogP contribution in [0.2, 0.25) is 0 Å². The zero-order valence-electron chi connectivity index (χ0n) is 9.32. The largest absolute Gasteiger partial charge is 0.298 e. The van der Waals surface area contributed by atoms with E-state index in [2.05, 4.69) is 0 Å². The molecule has 1 atom stereocenters. The van der Waals surface area contributed by atoms with Crippen molar-refractivity contribution in [3.63, 3.8) is 0 Å². The molecule has 1 aliphatic heterocycles. The van der Waals surface area contributed by atoms with Gasteiger partial charge in [0.05, 0.1) is 0 Å². The van der Waals surface area contributed by atoms with E-state index >= 15 is 0 Å². The molecular formula is C10H16N2O3. The fourth-order valence-electron chi connectivity index (χ4n) is 1.91. The zero-order valence-corrected chi connectivity index (χ0v) is 9.32. The summed E-state index contributed by atoms with van der Waals surface area (Å²) in [6, 6.07) is -0.472. The fraction of sp³-hybridized carbons (Fsp3) is 0.700. The number of nitrogens with zero attached hydrogens (tertiary/aromatic N) is 2. The molecule has 84 valence electrons. The van der Waals surface area contributed by atoms with Crippen LogP contribution >= 0.6 is 0 Å². The predicted molar refractivity (Wildman–Crippen MR) is 53.6 cm³/mol. The van der Waals surface area contributed by atoms with Crippen LogP contribution in [0.4, 0.5) is 0 Å². The molecule has 0 aliphatic carbocycles. The lowest BCUT2D eigenvalue weighted by atomic mass is 10.0. The molecule has 1 rings (SSSR count). The number of carbonyl (C=O) groups excluding carboxylic acids is 3. The number of carbonyl (C=O) groups is 3. The van der Waals surface area contributed by atoms with Crippen LogP contribution in [-0.4, -0.2) is 40.2 Å². The highest BCUT2D eigenvalue weighted by Gasteiger charge is 2.34. The van der Waals surface area contributed by atoms with E-state index in [4.69, 9.17) is 0 Å². The molecule has 1 heterocycles. The van der Waals surface area contributed by atoms with Gasteiger partial charge in [-0.2, -0.15) is 0 Å². The van der Waals surface area contributed by atoms with E-state index in [0.717, 1.165) is 6.42 Å². The van der Waals surface area contributed by atoms with Gasteiger partial charge >= 0.3 is 0 Å². The first-order chi connectivity index (χ1) is 6.95. The van der Waals surface area contributed by atoms with Crippen LogP contribution in [0.25, 0.3) is 0 Å². The normalized spacial score (nSPS) is 21.4. The smallest absolute Gasteiger partial charge is 0.238 e. The minimum absolute atomic E-state index is 0.0730. The van der Waals surface area contributed by atoms with Crippen LogP contribution in [0, 0.1) is 0 Å². The molecule has 0 radical (unpaired) electrons. The van der Waals surface area contributed by atoms with Gasteiger partial charge in [0.2, 0.25) is 11.8 Å². The molecule has 0 N–H and O–H groups in total. The Morgan fingerprint density at radius 2 is 1.67 bits per heavy atom. The second-order valence-corrected chi connectivity index (χ2v) is 3.77. The second-order valence-electron chi connectivity index (χ2n) is 3.77. The Bertz CT molecular complexity index is 279. The van der Waals surface area contributed by atoms with Crippen molar-refractivity contribution in [2.45, 2.75) is 39.7 Å². The Hall–Kier alpha value is -1.39. The Kier molecular flexibility index (Phi) is 3.44. The first-order valence-corrected chi connectivity index (χ1v) is 5.03. The van der Waals surface area contributed by atoms with E-state index in [1.807, 2.05) is 0 Å². The van der Waals surface area contributed by atoms with Crippen molar-refractivity contribution in [3.8, 4) is 0 Å². The van der Waals surface area contributed by atoms with Crippen LogP contribution in [0.3, 0.4) is 0 Å². The van der Waals surface area contributed by atoms with Gasteiger partial charge in [-0.3, -0.25) is 19.4 Å². The van der Waals surface area contributed by atoms with Crippen molar-refractivity contribution in [2.24, 2.45) is 0 Å². The van der Waals surface area contributed by atoms with E-state index in [1.54, 1.807) is 0 Å². The van der Waals surface area contributed by atoms with Crippen molar-refractivity contribution in [1.82, 2.24) is 10.0 Å². The van der Waals surface area contributed by atoms with Gasteiger partial charge in [0.1, 0.15) is 6.04 Å². The summed E-state index contributed by atoms with van der Waals surface area (Å²) in [5.74, 6) is -0.530. The third kappa shape index (κ3) is 2.34. The van der Waals surface area contributed by atoms with Gasteiger partial charge in [0.25, 0.3) is 0 Å². The van der Waals surface area contributed by atoms with Gasteiger partial charge in [-0.25, -0.2) is 5.01 Å². The quantitative estimate of drug-likeness (QED) is 0.630. The number of Topliss-reactive ketones (excluding diaryl/α,β-unsaturated/α-hetero) is 1. The third-order valence-electron chi connectivity index (χ3n) is 2.56. The molecule has 0 aromatic rings. The second kappa shape index (κ2) is 4.42.